The van der Waals surface area contributed by atoms with Crippen molar-refractivity contribution in [3.63, 3.8) is 0 Å². The first-order valence-electron chi connectivity index (χ1n) is 7.39. The molecular formula is C18H18FNO4. The van der Waals surface area contributed by atoms with E-state index in [2.05, 4.69) is 5.32 Å². The number of anilines is 1. The Kier molecular flexibility index (Phi) is 5.89. The largest absolute Gasteiger partial charge is 0.497 e. The predicted molar refractivity (Wildman–Crippen MR) is 87.6 cm³/mol. The fourth-order valence-corrected chi connectivity index (χ4v) is 2.39. The molecule has 2 rings (SSSR count). The molecule has 0 fully saturated rings. The van der Waals surface area contributed by atoms with Gasteiger partial charge in [-0.2, -0.15) is 0 Å². The van der Waals surface area contributed by atoms with Crippen molar-refractivity contribution in [2.45, 2.75) is 18.8 Å². The number of carboxylic acids is 1. The Morgan fingerprint density at radius 3 is 2.50 bits per heavy atom. The van der Waals surface area contributed by atoms with Gasteiger partial charge in [0.25, 0.3) is 0 Å². The predicted octanol–water partition coefficient (Wildman–Crippen LogP) is 3.42. The molecule has 0 bridgehead atoms. The molecule has 2 aromatic carbocycles. The van der Waals surface area contributed by atoms with Gasteiger partial charge in [-0.05, 0) is 29.8 Å². The summed E-state index contributed by atoms with van der Waals surface area (Å²) >= 11 is 0. The van der Waals surface area contributed by atoms with E-state index < -0.39 is 17.7 Å². The van der Waals surface area contributed by atoms with Gasteiger partial charge in [0.15, 0.2) is 0 Å². The lowest BCUT2D eigenvalue weighted by Crippen LogP contribution is -2.17. The lowest BCUT2D eigenvalue weighted by atomic mass is 9.92. The standard InChI is InChI=1S/C18H18FNO4/c1-24-16-4-2-3-15(11-16)20-17(21)9-13(10-18(22)23)12-5-7-14(19)8-6-12/h2-8,11,13H,9-10H2,1H3,(H,20,21)(H,22,23)/t13-/m1/s1. The van der Waals surface area contributed by atoms with E-state index in [1.165, 1.54) is 31.4 Å². The van der Waals surface area contributed by atoms with Gasteiger partial charge in [-0.25, -0.2) is 4.39 Å². The second-order valence-electron chi connectivity index (χ2n) is 5.33. The Morgan fingerprint density at radius 1 is 1.17 bits per heavy atom. The molecule has 0 saturated heterocycles. The molecule has 126 valence electrons. The summed E-state index contributed by atoms with van der Waals surface area (Å²) < 4.78 is 18.1. The Balaban J connectivity index is 2.08. The van der Waals surface area contributed by atoms with Crippen LogP contribution < -0.4 is 10.1 Å². The van der Waals surface area contributed by atoms with Crippen LogP contribution in [0.2, 0.25) is 0 Å². The van der Waals surface area contributed by atoms with Crippen LogP contribution in [-0.4, -0.2) is 24.1 Å². The fourth-order valence-electron chi connectivity index (χ4n) is 2.39. The lowest BCUT2D eigenvalue weighted by Gasteiger charge is -2.15. The molecule has 0 aromatic heterocycles. The molecule has 0 unspecified atom stereocenters. The van der Waals surface area contributed by atoms with Crippen LogP contribution in [0, 0.1) is 5.82 Å². The van der Waals surface area contributed by atoms with Crippen LogP contribution in [0.4, 0.5) is 10.1 Å². The first kappa shape index (κ1) is 17.5. The molecule has 2 N–H and O–H groups in total. The number of amides is 1. The summed E-state index contributed by atoms with van der Waals surface area (Å²) in [6, 6.07) is 12.4. The number of benzene rings is 2. The number of hydrogen-bond donors (Lipinski definition) is 2. The maximum absolute atomic E-state index is 13.0. The molecule has 2 aromatic rings. The maximum Gasteiger partial charge on any atom is 0.303 e. The van der Waals surface area contributed by atoms with Crippen molar-refractivity contribution in [2.24, 2.45) is 0 Å². The molecular weight excluding hydrogens is 313 g/mol. The molecule has 1 amide bonds. The molecule has 0 spiro atoms. The molecule has 0 aliphatic heterocycles. The average Bonchev–Trinajstić information content (AvgIpc) is 2.54. The van der Waals surface area contributed by atoms with Crippen LogP contribution in [0.3, 0.4) is 0 Å². The minimum absolute atomic E-state index is 0.0187. The SMILES string of the molecule is COc1cccc(NC(=O)C[C@H](CC(=O)O)c2ccc(F)cc2)c1. The van der Waals surface area contributed by atoms with Crippen molar-refractivity contribution in [1.29, 1.82) is 0 Å². The number of ether oxygens (including phenoxy) is 1. The number of aliphatic carboxylic acids is 1. The molecule has 0 aliphatic carbocycles. The summed E-state index contributed by atoms with van der Waals surface area (Å²) in [5, 5.41) is 11.8. The van der Waals surface area contributed by atoms with Gasteiger partial charge in [-0.1, -0.05) is 18.2 Å². The monoisotopic (exact) mass is 331 g/mol. The smallest absolute Gasteiger partial charge is 0.303 e. The molecule has 5 nitrogen and oxygen atoms in total. The first-order valence-corrected chi connectivity index (χ1v) is 7.39. The maximum atomic E-state index is 13.0. The Morgan fingerprint density at radius 2 is 1.88 bits per heavy atom. The zero-order valence-corrected chi connectivity index (χ0v) is 13.2. The third-order valence-corrected chi connectivity index (χ3v) is 3.55. The normalized spacial score (nSPS) is 11.6. The number of nitrogens with one attached hydrogen (secondary N) is 1. The topological polar surface area (TPSA) is 75.6 Å². The number of halogens is 1. The first-order chi connectivity index (χ1) is 11.5. The number of carbonyl (C=O) groups is 2. The van der Waals surface area contributed by atoms with Gasteiger partial charge in [0, 0.05) is 24.1 Å². The zero-order valence-electron chi connectivity index (χ0n) is 13.2. The van der Waals surface area contributed by atoms with Crippen LogP contribution in [0.5, 0.6) is 5.75 Å². The van der Waals surface area contributed by atoms with E-state index >= 15 is 0 Å². The lowest BCUT2D eigenvalue weighted by molar-refractivity contribution is -0.137. The highest BCUT2D eigenvalue weighted by Gasteiger charge is 2.19. The zero-order chi connectivity index (χ0) is 17.5. The second kappa shape index (κ2) is 8.10. The van der Waals surface area contributed by atoms with Crippen molar-refractivity contribution in [2.75, 3.05) is 12.4 Å². The van der Waals surface area contributed by atoms with Crippen LogP contribution >= 0.6 is 0 Å². The summed E-state index contributed by atoms with van der Waals surface area (Å²) in [6.45, 7) is 0. The van der Waals surface area contributed by atoms with Gasteiger partial charge in [0.05, 0.1) is 13.5 Å². The highest BCUT2D eigenvalue weighted by Crippen LogP contribution is 2.25. The molecule has 1 atom stereocenters. The van der Waals surface area contributed by atoms with Crippen molar-refractivity contribution in [3.05, 3.63) is 59.9 Å². The van der Waals surface area contributed by atoms with Gasteiger partial charge in [0.1, 0.15) is 11.6 Å². The van der Waals surface area contributed by atoms with E-state index in [4.69, 9.17) is 9.84 Å². The van der Waals surface area contributed by atoms with Gasteiger partial charge >= 0.3 is 5.97 Å². The van der Waals surface area contributed by atoms with Gasteiger partial charge in [-0.15, -0.1) is 0 Å². The third kappa shape index (κ3) is 5.08. The molecule has 0 aliphatic rings. The molecule has 24 heavy (non-hydrogen) atoms. The number of hydrogen-bond acceptors (Lipinski definition) is 3. The molecule has 6 heteroatoms. The molecule has 0 radical (unpaired) electrons. The summed E-state index contributed by atoms with van der Waals surface area (Å²) in [5.41, 5.74) is 1.17. The minimum atomic E-state index is -1.02. The fraction of sp³-hybridized carbons (Fsp3) is 0.222. The average molecular weight is 331 g/mol. The van der Waals surface area contributed by atoms with E-state index in [0.29, 0.717) is 17.0 Å². The summed E-state index contributed by atoms with van der Waals surface area (Å²) in [5.74, 6) is -1.67. The molecule has 0 heterocycles. The molecule has 0 saturated carbocycles. The Hall–Kier alpha value is -2.89. The van der Waals surface area contributed by atoms with E-state index in [9.17, 15) is 14.0 Å². The highest BCUT2D eigenvalue weighted by atomic mass is 19.1. The minimum Gasteiger partial charge on any atom is -0.497 e. The van der Waals surface area contributed by atoms with E-state index in [1.54, 1.807) is 24.3 Å². The van der Waals surface area contributed by atoms with Crippen molar-refractivity contribution in [1.82, 2.24) is 0 Å². The Bertz CT molecular complexity index is 715. The van der Waals surface area contributed by atoms with Gasteiger partial charge < -0.3 is 15.2 Å². The summed E-state index contributed by atoms with van der Waals surface area (Å²) in [7, 11) is 1.53. The third-order valence-electron chi connectivity index (χ3n) is 3.55. The van der Waals surface area contributed by atoms with Crippen LogP contribution in [0.15, 0.2) is 48.5 Å². The number of carbonyl (C=O) groups excluding carboxylic acids is 1. The van der Waals surface area contributed by atoms with E-state index in [1.807, 2.05) is 0 Å². The van der Waals surface area contributed by atoms with Crippen molar-refractivity contribution < 1.29 is 23.8 Å². The second-order valence-corrected chi connectivity index (χ2v) is 5.33. The number of rotatable bonds is 7. The van der Waals surface area contributed by atoms with Gasteiger partial charge in [0.2, 0.25) is 5.91 Å². The van der Waals surface area contributed by atoms with Gasteiger partial charge in [-0.3, -0.25) is 9.59 Å². The quantitative estimate of drug-likeness (QED) is 0.815. The van der Waals surface area contributed by atoms with E-state index in [-0.39, 0.29) is 18.7 Å². The summed E-state index contributed by atoms with van der Waals surface area (Å²) in [6.07, 6.45) is -0.230. The Labute approximate surface area is 139 Å². The number of carboxylic acid groups (broad SMARTS) is 1. The highest BCUT2D eigenvalue weighted by molar-refractivity contribution is 5.91. The number of methoxy groups -OCH3 is 1. The van der Waals surface area contributed by atoms with Crippen LogP contribution in [-0.2, 0) is 9.59 Å². The summed E-state index contributed by atoms with van der Waals surface area (Å²) in [4.78, 5) is 23.3. The van der Waals surface area contributed by atoms with Crippen molar-refractivity contribution >= 4 is 17.6 Å². The van der Waals surface area contributed by atoms with Crippen LogP contribution in [0.1, 0.15) is 24.3 Å². The van der Waals surface area contributed by atoms with Crippen LogP contribution in [0.25, 0.3) is 0 Å². The van der Waals surface area contributed by atoms with E-state index in [0.717, 1.165) is 0 Å². The van der Waals surface area contributed by atoms with Crippen molar-refractivity contribution in [3.8, 4) is 5.75 Å².